The molecule has 2 N–H and O–H groups in total. The third kappa shape index (κ3) is 5.71. The van der Waals surface area contributed by atoms with Crippen LogP contribution in [-0.4, -0.2) is 33.7 Å². The summed E-state index contributed by atoms with van der Waals surface area (Å²) in [7, 11) is 0. The zero-order valence-electron chi connectivity index (χ0n) is 15.4. The summed E-state index contributed by atoms with van der Waals surface area (Å²) >= 11 is 5.80. The molecule has 0 aliphatic heterocycles. The first-order valence-electron chi connectivity index (χ1n) is 8.21. The Kier molecular flexibility index (Phi) is 6.30. The van der Waals surface area contributed by atoms with Crippen molar-refractivity contribution in [2.45, 2.75) is 38.8 Å². The van der Waals surface area contributed by atoms with Gasteiger partial charge in [0.15, 0.2) is 0 Å². The number of carboxylic acids is 1. The highest BCUT2D eigenvalue weighted by Gasteiger charge is 2.26. The molecule has 1 amide bonds. The number of hydrogen-bond donors (Lipinski definition) is 2. The third-order valence-electron chi connectivity index (χ3n) is 3.48. The van der Waals surface area contributed by atoms with Crippen molar-refractivity contribution in [3.05, 3.63) is 51.2 Å². The Morgan fingerprint density at radius 3 is 2.57 bits per heavy atom. The number of carbonyl (C=O) groups is 2. The van der Waals surface area contributed by atoms with Crippen LogP contribution < -0.4 is 5.32 Å². The van der Waals surface area contributed by atoms with Gasteiger partial charge in [-0.05, 0) is 45.0 Å². The number of ether oxygens (including phenoxy) is 1. The molecular formula is C18H19ClN2O7. The molecule has 1 unspecified atom stereocenters. The second kappa shape index (κ2) is 8.30. The molecular weight excluding hydrogens is 392 g/mol. The van der Waals surface area contributed by atoms with Gasteiger partial charge in [0.1, 0.15) is 23.2 Å². The van der Waals surface area contributed by atoms with Gasteiger partial charge in [0, 0.05) is 17.5 Å². The summed E-state index contributed by atoms with van der Waals surface area (Å²) in [6.45, 7) is 4.96. The number of nitrogens with zero attached hydrogens (tertiary/aromatic N) is 1. The number of nitrogens with one attached hydrogen (secondary N) is 1. The van der Waals surface area contributed by atoms with E-state index >= 15 is 0 Å². The van der Waals surface area contributed by atoms with Crippen molar-refractivity contribution in [1.82, 2.24) is 5.32 Å². The fraction of sp³-hybridized carbons (Fsp3) is 0.333. The van der Waals surface area contributed by atoms with Crippen LogP contribution in [0.15, 0.2) is 34.7 Å². The van der Waals surface area contributed by atoms with Gasteiger partial charge in [0.25, 0.3) is 5.69 Å². The standard InChI is InChI=1S/C18H19ClN2O7/c1-18(2,3)28-17(24)20-13(16(22)23)9-11-5-7-15(27-11)12-6-4-10(19)8-14(12)21(25)26/h4-8,13H,9H2,1-3H3,(H,20,24)(H,22,23). The number of nitro benzene ring substituents is 1. The SMILES string of the molecule is CC(C)(C)OC(=O)NC(Cc1ccc(-c2ccc(Cl)cc2[N+](=O)[O-])o1)C(=O)O. The molecule has 0 fully saturated rings. The molecule has 1 atom stereocenters. The van der Waals surface area contributed by atoms with Crippen molar-refractivity contribution < 1.29 is 28.8 Å². The van der Waals surface area contributed by atoms with Gasteiger partial charge >= 0.3 is 12.1 Å². The molecule has 9 nitrogen and oxygen atoms in total. The van der Waals surface area contributed by atoms with Crippen molar-refractivity contribution in [3.63, 3.8) is 0 Å². The van der Waals surface area contributed by atoms with E-state index in [1.165, 1.54) is 30.3 Å². The van der Waals surface area contributed by atoms with Crippen LogP contribution in [0.2, 0.25) is 5.02 Å². The molecule has 0 bridgehead atoms. The van der Waals surface area contributed by atoms with Crippen molar-refractivity contribution in [1.29, 1.82) is 0 Å². The highest BCUT2D eigenvalue weighted by molar-refractivity contribution is 6.30. The molecule has 2 aromatic rings. The summed E-state index contributed by atoms with van der Waals surface area (Å²) in [6.07, 6.45) is -1.05. The Morgan fingerprint density at radius 1 is 1.32 bits per heavy atom. The van der Waals surface area contributed by atoms with Gasteiger partial charge < -0.3 is 19.6 Å². The van der Waals surface area contributed by atoms with Crippen LogP contribution in [0.5, 0.6) is 0 Å². The maximum atomic E-state index is 11.8. The van der Waals surface area contributed by atoms with E-state index < -0.39 is 28.6 Å². The largest absolute Gasteiger partial charge is 0.480 e. The van der Waals surface area contributed by atoms with Crippen LogP contribution in [0.3, 0.4) is 0 Å². The average Bonchev–Trinajstić information content (AvgIpc) is 3.00. The number of halogens is 1. The lowest BCUT2D eigenvalue weighted by molar-refractivity contribution is -0.384. The summed E-state index contributed by atoms with van der Waals surface area (Å²) in [5.41, 5.74) is -0.818. The van der Waals surface area contributed by atoms with Gasteiger partial charge in [-0.15, -0.1) is 0 Å². The Hall–Kier alpha value is -3.07. The lowest BCUT2D eigenvalue weighted by Gasteiger charge is -2.21. The summed E-state index contributed by atoms with van der Waals surface area (Å²) in [4.78, 5) is 33.9. The molecule has 0 radical (unpaired) electrons. The van der Waals surface area contributed by atoms with Gasteiger partial charge in [0.2, 0.25) is 0 Å². The quantitative estimate of drug-likeness (QED) is 0.542. The van der Waals surface area contributed by atoms with Gasteiger partial charge in [-0.3, -0.25) is 10.1 Å². The van der Waals surface area contributed by atoms with Gasteiger partial charge in [-0.25, -0.2) is 9.59 Å². The fourth-order valence-corrected chi connectivity index (χ4v) is 2.51. The summed E-state index contributed by atoms with van der Waals surface area (Å²) in [5.74, 6) is -0.872. The van der Waals surface area contributed by atoms with E-state index in [1.54, 1.807) is 20.8 Å². The molecule has 10 heteroatoms. The summed E-state index contributed by atoms with van der Waals surface area (Å²) in [6, 6.07) is 5.79. The van der Waals surface area contributed by atoms with Crippen molar-refractivity contribution in [2.24, 2.45) is 0 Å². The second-order valence-electron chi connectivity index (χ2n) is 6.93. The molecule has 0 saturated heterocycles. The Balaban J connectivity index is 2.20. The highest BCUT2D eigenvalue weighted by Crippen LogP contribution is 2.33. The topological polar surface area (TPSA) is 132 Å². The maximum Gasteiger partial charge on any atom is 0.408 e. The lowest BCUT2D eigenvalue weighted by Crippen LogP contribution is -2.44. The monoisotopic (exact) mass is 410 g/mol. The van der Waals surface area contributed by atoms with Crippen molar-refractivity contribution >= 4 is 29.4 Å². The minimum Gasteiger partial charge on any atom is -0.480 e. The number of carbonyl (C=O) groups excluding carboxylic acids is 1. The first-order chi connectivity index (χ1) is 13.0. The van der Waals surface area contributed by atoms with Crippen LogP contribution >= 0.6 is 11.6 Å². The van der Waals surface area contributed by atoms with Crippen molar-refractivity contribution in [3.8, 4) is 11.3 Å². The Morgan fingerprint density at radius 2 is 2.00 bits per heavy atom. The van der Waals surface area contributed by atoms with E-state index in [1.807, 2.05) is 0 Å². The fourth-order valence-electron chi connectivity index (χ4n) is 2.35. The van der Waals surface area contributed by atoms with Gasteiger partial charge in [-0.2, -0.15) is 0 Å². The number of rotatable bonds is 6. The Bertz CT molecular complexity index is 902. The number of carboxylic acid groups (broad SMARTS) is 1. The van der Waals surface area contributed by atoms with E-state index in [2.05, 4.69) is 5.32 Å². The molecule has 2 rings (SSSR count). The number of hydrogen-bond acceptors (Lipinski definition) is 6. The van der Waals surface area contributed by atoms with Crippen LogP contribution in [0, 0.1) is 10.1 Å². The number of aliphatic carboxylic acids is 1. The minimum absolute atomic E-state index is 0.171. The van der Waals surface area contributed by atoms with E-state index in [4.69, 9.17) is 20.8 Å². The number of furan rings is 1. The van der Waals surface area contributed by atoms with Crippen LogP contribution in [0.1, 0.15) is 26.5 Å². The van der Waals surface area contributed by atoms with E-state index in [9.17, 15) is 24.8 Å². The molecule has 28 heavy (non-hydrogen) atoms. The molecule has 0 aliphatic carbocycles. The van der Waals surface area contributed by atoms with Gasteiger partial charge in [0.05, 0.1) is 10.5 Å². The molecule has 1 aromatic heterocycles. The van der Waals surface area contributed by atoms with E-state index in [0.717, 1.165) is 0 Å². The number of nitro groups is 1. The molecule has 0 spiro atoms. The minimum atomic E-state index is -1.30. The summed E-state index contributed by atoms with van der Waals surface area (Å²) in [5, 5.41) is 23.0. The zero-order chi connectivity index (χ0) is 21.1. The third-order valence-corrected chi connectivity index (χ3v) is 3.71. The molecule has 0 aliphatic rings. The first kappa shape index (κ1) is 21.2. The highest BCUT2D eigenvalue weighted by atomic mass is 35.5. The van der Waals surface area contributed by atoms with E-state index in [0.29, 0.717) is 0 Å². The molecule has 150 valence electrons. The zero-order valence-corrected chi connectivity index (χ0v) is 16.1. The van der Waals surface area contributed by atoms with Crippen LogP contribution in [-0.2, 0) is 16.0 Å². The second-order valence-corrected chi connectivity index (χ2v) is 7.36. The van der Waals surface area contributed by atoms with Crippen molar-refractivity contribution in [2.75, 3.05) is 0 Å². The lowest BCUT2D eigenvalue weighted by atomic mass is 10.1. The number of benzene rings is 1. The Labute approximate surface area is 165 Å². The number of alkyl carbamates (subject to hydrolysis) is 1. The van der Waals surface area contributed by atoms with Gasteiger partial charge in [-0.1, -0.05) is 11.6 Å². The predicted octanol–water partition coefficient (Wildman–Crippen LogP) is 4.03. The predicted molar refractivity (Wildman–Crippen MR) is 100 cm³/mol. The normalized spacial score (nSPS) is 12.3. The van der Waals surface area contributed by atoms with Crippen LogP contribution in [0.4, 0.5) is 10.5 Å². The maximum absolute atomic E-state index is 11.8. The molecule has 0 saturated carbocycles. The number of amides is 1. The summed E-state index contributed by atoms with van der Waals surface area (Å²) < 4.78 is 10.6. The molecule has 1 aromatic carbocycles. The molecule has 1 heterocycles. The average molecular weight is 411 g/mol. The van der Waals surface area contributed by atoms with Crippen LogP contribution in [0.25, 0.3) is 11.3 Å². The smallest absolute Gasteiger partial charge is 0.408 e. The van der Waals surface area contributed by atoms with E-state index in [-0.39, 0.29) is 34.2 Å². The first-order valence-corrected chi connectivity index (χ1v) is 8.59.